The fourth-order valence-corrected chi connectivity index (χ4v) is 3.19. The zero-order valence-corrected chi connectivity index (χ0v) is 10.0. The van der Waals surface area contributed by atoms with Crippen molar-refractivity contribution in [3.8, 4) is 0 Å². The predicted molar refractivity (Wildman–Crippen MR) is 61.9 cm³/mol. The molecule has 4 nitrogen and oxygen atoms in total. The number of amides is 1. The maximum atomic E-state index is 12.2. The van der Waals surface area contributed by atoms with E-state index in [0.29, 0.717) is 12.6 Å². The minimum atomic E-state index is -0.482. The Morgan fingerprint density at radius 1 is 1.44 bits per heavy atom. The van der Waals surface area contributed by atoms with E-state index in [1.807, 2.05) is 4.90 Å². The molecule has 0 bridgehead atoms. The van der Waals surface area contributed by atoms with E-state index >= 15 is 0 Å². The average molecular weight is 226 g/mol. The molecule has 0 radical (unpaired) electrons. The van der Waals surface area contributed by atoms with Gasteiger partial charge in [-0.15, -0.1) is 0 Å². The third-order valence-corrected chi connectivity index (χ3v) is 3.94. The van der Waals surface area contributed by atoms with Gasteiger partial charge in [-0.3, -0.25) is 4.79 Å². The molecule has 3 atom stereocenters. The molecule has 0 spiro atoms. The summed E-state index contributed by atoms with van der Waals surface area (Å²) in [6.45, 7) is 1.21. The SMILES string of the molecule is COCC(N)C(=O)N1CCCC2CCCC21. The second kappa shape index (κ2) is 5.15. The van der Waals surface area contributed by atoms with Gasteiger partial charge in [0.1, 0.15) is 6.04 Å². The Morgan fingerprint density at radius 3 is 2.94 bits per heavy atom. The number of rotatable bonds is 3. The van der Waals surface area contributed by atoms with Crippen molar-refractivity contribution < 1.29 is 9.53 Å². The molecule has 4 heteroatoms. The van der Waals surface area contributed by atoms with Crippen LogP contribution in [-0.2, 0) is 9.53 Å². The van der Waals surface area contributed by atoms with Crippen LogP contribution in [0, 0.1) is 5.92 Å². The molecule has 2 aliphatic rings. The van der Waals surface area contributed by atoms with Crippen LogP contribution in [0.1, 0.15) is 32.1 Å². The van der Waals surface area contributed by atoms with Gasteiger partial charge in [0.05, 0.1) is 6.61 Å². The fourth-order valence-electron chi connectivity index (χ4n) is 3.19. The standard InChI is InChI=1S/C12H22N2O2/c1-16-8-10(13)12(15)14-7-3-5-9-4-2-6-11(9)14/h9-11H,2-8,13H2,1H3. The first-order valence-electron chi connectivity index (χ1n) is 6.29. The summed E-state index contributed by atoms with van der Waals surface area (Å²) >= 11 is 0. The van der Waals surface area contributed by atoms with Crippen LogP contribution in [0.3, 0.4) is 0 Å². The summed E-state index contributed by atoms with van der Waals surface area (Å²) in [6.07, 6.45) is 6.13. The third kappa shape index (κ3) is 2.23. The van der Waals surface area contributed by atoms with E-state index in [4.69, 9.17) is 10.5 Å². The van der Waals surface area contributed by atoms with Gasteiger partial charge in [-0.1, -0.05) is 6.42 Å². The number of carbonyl (C=O) groups is 1. The highest BCUT2D eigenvalue weighted by molar-refractivity contribution is 5.82. The lowest BCUT2D eigenvalue weighted by Gasteiger charge is -2.39. The number of likely N-dealkylation sites (tertiary alicyclic amines) is 1. The Morgan fingerprint density at radius 2 is 2.19 bits per heavy atom. The topological polar surface area (TPSA) is 55.6 Å². The minimum Gasteiger partial charge on any atom is -0.383 e. The molecular weight excluding hydrogens is 204 g/mol. The second-order valence-corrected chi connectivity index (χ2v) is 4.99. The van der Waals surface area contributed by atoms with Crippen molar-refractivity contribution in [1.82, 2.24) is 4.90 Å². The quantitative estimate of drug-likeness (QED) is 0.772. The van der Waals surface area contributed by atoms with E-state index < -0.39 is 6.04 Å². The summed E-state index contributed by atoms with van der Waals surface area (Å²) in [6, 6.07) is -0.0199. The highest BCUT2D eigenvalue weighted by Gasteiger charge is 2.38. The molecule has 2 N–H and O–H groups in total. The molecule has 2 fully saturated rings. The number of methoxy groups -OCH3 is 1. The molecule has 0 aromatic heterocycles. The predicted octanol–water partition coefficient (Wildman–Crippen LogP) is 0.751. The van der Waals surface area contributed by atoms with Gasteiger partial charge in [0.15, 0.2) is 0 Å². The summed E-state index contributed by atoms with van der Waals surface area (Å²) in [5, 5.41) is 0. The first-order valence-corrected chi connectivity index (χ1v) is 6.29. The van der Waals surface area contributed by atoms with Gasteiger partial charge >= 0.3 is 0 Å². The van der Waals surface area contributed by atoms with Crippen LogP contribution in [-0.4, -0.2) is 43.2 Å². The number of ether oxygens (including phenoxy) is 1. The molecule has 1 amide bonds. The van der Waals surface area contributed by atoms with Crippen molar-refractivity contribution in [2.75, 3.05) is 20.3 Å². The molecule has 1 aliphatic carbocycles. The maximum Gasteiger partial charge on any atom is 0.242 e. The van der Waals surface area contributed by atoms with Gasteiger partial charge < -0.3 is 15.4 Å². The van der Waals surface area contributed by atoms with E-state index in [1.165, 1.54) is 19.3 Å². The Bertz CT molecular complexity index is 257. The van der Waals surface area contributed by atoms with Gasteiger partial charge in [-0.25, -0.2) is 0 Å². The normalized spacial score (nSPS) is 31.2. The van der Waals surface area contributed by atoms with Gasteiger partial charge in [0.2, 0.25) is 5.91 Å². The molecule has 3 unspecified atom stereocenters. The number of hydrogen-bond acceptors (Lipinski definition) is 3. The zero-order valence-electron chi connectivity index (χ0n) is 10.0. The molecule has 1 saturated carbocycles. The van der Waals surface area contributed by atoms with E-state index in [1.54, 1.807) is 7.11 Å². The summed E-state index contributed by atoms with van der Waals surface area (Å²) in [4.78, 5) is 14.2. The number of nitrogens with zero attached hydrogens (tertiary/aromatic N) is 1. The number of hydrogen-bond donors (Lipinski definition) is 1. The number of fused-ring (bicyclic) bond motifs is 1. The first-order chi connectivity index (χ1) is 7.74. The van der Waals surface area contributed by atoms with Crippen LogP contribution in [0.5, 0.6) is 0 Å². The Labute approximate surface area is 97.1 Å². The lowest BCUT2D eigenvalue weighted by atomic mass is 9.91. The smallest absolute Gasteiger partial charge is 0.242 e. The molecule has 92 valence electrons. The lowest BCUT2D eigenvalue weighted by Crippen LogP contribution is -2.53. The molecule has 1 aliphatic heterocycles. The van der Waals surface area contributed by atoms with Crippen molar-refractivity contribution in [3.63, 3.8) is 0 Å². The largest absolute Gasteiger partial charge is 0.383 e. The molecule has 0 aromatic rings. The van der Waals surface area contributed by atoms with Crippen molar-refractivity contribution >= 4 is 5.91 Å². The number of piperidine rings is 1. The van der Waals surface area contributed by atoms with Crippen molar-refractivity contribution in [2.45, 2.75) is 44.2 Å². The Hall–Kier alpha value is -0.610. The summed E-state index contributed by atoms with van der Waals surface area (Å²) in [7, 11) is 1.59. The average Bonchev–Trinajstić information content (AvgIpc) is 2.76. The van der Waals surface area contributed by atoms with E-state index in [0.717, 1.165) is 25.3 Å². The van der Waals surface area contributed by atoms with Crippen LogP contribution in [0.25, 0.3) is 0 Å². The summed E-state index contributed by atoms with van der Waals surface area (Å²) in [5.41, 5.74) is 5.83. The number of carbonyl (C=O) groups excluding carboxylic acids is 1. The summed E-state index contributed by atoms with van der Waals surface area (Å²) < 4.78 is 4.95. The molecule has 1 saturated heterocycles. The molecular formula is C12H22N2O2. The van der Waals surface area contributed by atoms with Gasteiger partial charge in [0.25, 0.3) is 0 Å². The van der Waals surface area contributed by atoms with E-state index in [2.05, 4.69) is 0 Å². The van der Waals surface area contributed by atoms with Crippen LogP contribution in [0.15, 0.2) is 0 Å². The van der Waals surface area contributed by atoms with Gasteiger partial charge in [-0.2, -0.15) is 0 Å². The fraction of sp³-hybridized carbons (Fsp3) is 0.917. The minimum absolute atomic E-state index is 0.0819. The first kappa shape index (κ1) is 11.9. The maximum absolute atomic E-state index is 12.2. The third-order valence-electron chi connectivity index (χ3n) is 3.94. The summed E-state index contributed by atoms with van der Waals surface area (Å²) in [5.74, 6) is 0.811. The molecule has 0 aromatic carbocycles. The second-order valence-electron chi connectivity index (χ2n) is 4.99. The number of nitrogens with two attached hydrogens (primary N) is 1. The zero-order chi connectivity index (χ0) is 11.5. The molecule has 2 rings (SSSR count). The molecule has 16 heavy (non-hydrogen) atoms. The van der Waals surface area contributed by atoms with E-state index in [9.17, 15) is 4.79 Å². The molecule has 1 heterocycles. The van der Waals surface area contributed by atoms with Crippen LogP contribution in [0.2, 0.25) is 0 Å². The van der Waals surface area contributed by atoms with Crippen LogP contribution in [0.4, 0.5) is 0 Å². The van der Waals surface area contributed by atoms with Gasteiger partial charge in [-0.05, 0) is 31.6 Å². The van der Waals surface area contributed by atoms with Crippen molar-refractivity contribution in [1.29, 1.82) is 0 Å². The Kier molecular flexibility index (Phi) is 3.82. The van der Waals surface area contributed by atoms with Crippen molar-refractivity contribution in [2.24, 2.45) is 11.7 Å². The lowest BCUT2D eigenvalue weighted by molar-refractivity contribution is -0.138. The monoisotopic (exact) mass is 226 g/mol. The highest BCUT2D eigenvalue weighted by atomic mass is 16.5. The van der Waals surface area contributed by atoms with Crippen LogP contribution < -0.4 is 5.73 Å². The Balaban J connectivity index is 1.99. The van der Waals surface area contributed by atoms with E-state index in [-0.39, 0.29) is 5.91 Å². The highest BCUT2D eigenvalue weighted by Crippen LogP contribution is 2.36. The van der Waals surface area contributed by atoms with Crippen LogP contribution >= 0.6 is 0 Å². The van der Waals surface area contributed by atoms with Gasteiger partial charge in [0, 0.05) is 19.7 Å². The van der Waals surface area contributed by atoms with Crippen molar-refractivity contribution in [3.05, 3.63) is 0 Å².